The van der Waals surface area contributed by atoms with Crippen LogP contribution in [0.4, 0.5) is 0 Å². The summed E-state index contributed by atoms with van der Waals surface area (Å²) < 4.78 is 0. The van der Waals surface area contributed by atoms with Crippen molar-refractivity contribution in [2.45, 2.75) is 44.0 Å². The van der Waals surface area contributed by atoms with E-state index in [1.165, 1.54) is 19.3 Å². The molecule has 2 heteroatoms. The Bertz CT molecular complexity index is 176. The van der Waals surface area contributed by atoms with Gasteiger partial charge in [-0.2, -0.15) is 11.8 Å². The second-order valence-corrected chi connectivity index (χ2v) is 4.37. The van der Waals surface area contributed by atoms with Crippen molar-refractivity contribution in [2.24, 2.45) is 0 Å². The minimum absolute atomic E-state index is 0.364. The Morgan fingerprint density at radius 1 is 1.58 bits per heavy atom. The molecule has 1 heterocycles. The molecular formula is C10H16OS. The molecule has 0 aromatic carbocycles. The van der Waals surface area contributed by atoms with Gasteiger partial charge in [-0.05, 0) is 6.42 Å². The van der Waals surface area contributed by atoms with Crippen molar-refractivity contribution >= 4 is 11.8 Å². The molecule has 2 unspecified atom stereocenters. The van der Waals surface area contributed by atoms with Crippen LogP contribution in [0.2, 0.25) is 0 Å². The monoisotopic (exact) mass is 184 g/mol. The van der Waals surface area contributed by atoms with E-state index in [1.54, 1.807) is 11.8 Å². The minimum Gasteiger partial charge on any atom is -0.379 e. The van der Waals surface area contributed by atoms with E-state index in [1.807, 2.05) is 0 Å². The molecule has 1 fully saturated rings. The lowest BCUT2D eigenvalue weighted by Crippen LogP contribution is -2.09. The average molecular weight is 184 g/mol. The number of aliphatic hydroxyl groups is 1. The molecule has 1 saturated heterocycles. The Morgan fingerprint density at radius 2 is 2.33 bits per heavy atom. The van der Waals surface area contributed by atoms with Gasteiger partial charge in [-0.3, -0.25) is 0 Å². The van der Waals surface area contributed by atoms with Crippen LogP contribution >= 0.6 is 11.8 Å². The number of aliphatic hydroxyl groups excluding tert-OH is 1. The first-order chi connectivity index (χ1) is 5.84. The Morgan fingerprint density at radius 3 is 2.92 bits per heavy atom. The number of rotatable bonds is 4. The molecule has 0 radical (unpaired) electrons. The molecule has 1 aliphatic rings. The van der Waals surface area contributed by atoms with Crippen LogP contribution < -0.4 is 0 Å². The first-order valence-corrected chi connectivity index (χ1v) is 5.67. The molecule has 1 aliphatic heterocycles. The summed E-state index contributed by atoms with van der Waals surface area (Å²) in [4.78, 5) is 0. The SMILES string of the molecule is CCCCCC#CC(O)C1CS1. The maximum Gasteiger partial charge on any atom is 0.127 e. The predicted molar refractivity (Wildman–Crippen MR) is 54.2 cm³/mol. The molecule has 1 N–H and O–H groups in total. The van der Waals surface area contributed by atoms with Crippen molar-refractivity contribution < 1.29 is 5.11 Å². The van der Waals surface area contributed by atoms with Crippen molar-refractivity contribution in [3.05, 3.63) is 0 Å². The van der Waals surface area contributed by atoms with Gasteiger partial charge in [0.05, 0.1) is 5.25 Å². The Hall–Kier alpha value is -0.130. The minimum atomic E-state index is -0.364. The number of hydrogen-bond donors (Lipinski definition) is 1. The third kappa shape index (κ3) is 4.04. The molecule has 1 rings (SSSR count). The first kappa shape index (κ1) is 9.95. The molecule has 12 heavy (non-hydrogen) atoms. The summed E-state index contributed by atoms with van der Waals surface area (Å²) >= 11 is 1.79. The quantitative estimate of drug-likeness (QED) is 0.410. The smallest absolute Gasteiger partial charge is 0.127 e. The standard InChI is InChI=1S/C10H16OS/c1-2-3-4-5-6-7-9(11)10-8-12-10/h9-11H,2-5,8H2,1H3. The van der Waals surface area contributed by atoms with Crippen LogP contribution in [0.1, 0.15) is 32.6 Å². The van der Waals surface area contributed by atoms with Crippen molar-refractivity contribution in [3.63, 3.8) is 0 Å². The van der Waals surface area contributed by atoms with Gasteiger partial charge in [0.25, 0.3) is 0 Å². The first-order valence-electron chi connectivity index (χ1n) is 4.62. The summed E-state index contributed by atoms with van der Waals surface area (Å²) in [6, 6.07) is 0. The van der Waals surface area contributed by atoms with Crippen molar-refractivity contribution in [1.29, 1.82) is 0 Å². The zero-order valence-corrected chi connectivity index (χ0v) is 8.36. The second-order valence-electron chi connectivity index (χ2n) is 3.09. The Balaban J connectivity index is 2.02. The van der Waals surface area contributed by atoms with E-state index in [2.05, 4.69) is 18.8 Å². The van der Waals surface area contributed by atoms with Crippen LogP contribution in [0.3, 0.4) is 0 Å². The van der Waals surface area contributed by atoms with Crippen LogP contribution in [0.25, 0.3) is 0 Å². The largest absolute Gasteiger partial charge is 0.379 e. The summed E-state index contributed by atoms with van der Waals surface area (Å²) in [5, 5.41) is 9.77. The van der Waals surface area contributed by atoms with E-state index in [-0.39, 0.29) is 6.10 Å². The van der Waals surface area contributed by atoms with Crippen molar-refractivity contribution in [2.75, 3.05) is 5.75 Å². The fourth-order valence-electron chi connectivity index (χ4n) is 0.971. The molecule has 0 spiro atoms. The fourth-order valence-corrected chi connectivity index (χ4v) is 1.51. The van der Waals surface area contributed by atoms with E-state index in [9.17, 15) is 5.11 Å². The fraction of sp³-hybridized carbons (Fsp3) is 0.800. The van der Waals surface area contributed by atoms with Gasteiger partial charge < -0.3 is 5.11 Å². The van der Waals surface area contributed by atoms with Gasteiger partial charge in [0.15, 0.2) is 0 Å². The molecule has 0 saturated carbocycles. The number of unbranched alkanes of at least 4 members (excludes halogenated alkanes) is 3. The lowest BCUT2D eigenvalue weighted by molar-refractivity contribution is 0.242. The molecule has 0 aromatic heterocycles. The normalized spacial score (nSPS) is 22.7. The third-order valence-corrected chi connectivity index (χ3v) is 2.84. The summed E-state index contributed by atoms with van der Waals surface area (Å²) in [5.74, 6) is 7.00. The van der Waals surface area contributed by atoms with Gasteiger partial charge in [-0.15, -0.1) is 5.92 Å². The van der Waals surface area contributed by atoms with Crippen LogP contribution in [0.15, 0.2) is 0 Å². The molecule has 68 valence electrons. The van der Waals surface area contributed by atoms with E-state index in [0.717, 1.165) is 12.2 Å². The second kappa shape index (κ2) is 5.50. The lowest BCUT2D eigenvalue weighted by Gasteiger charge is -1.95. The summed E-state index contributed by atoms with van der Waals surface area (Å²) in [5.41, 5.74) is 0. The molecule has 0 bridgehead atoms. The highest BCUT2D eigenvalue weighted by Gasteiger charge is 2.29. The summed E-state index contributed by atoms with van der Waals surface area (Å²) in [6.07, 6.45) is 4.25. The van der Waals surface area contributed by atoms with Gasteiger partial charge in [-0.1, -0.05) is 25.7 Å². The number of hydrogen-bond acceptors (Lipinski definition) is 2. The topological polar surface area (TPSA) is 20.2 Å². The highest BCUT2D eigenvalue weighted by Crippen LogP contribution is 2.32. The summed E-state index contributed by atoms with van der Waals surface area (Å²) in [7, 11) is 0. The van der Waals surface area contributed by atoms with Crippen molar-refractivity contribution in [3.8, 4) is 11.8 Å². The lowest BCUT2D eigenvalue weighted by atomic mass is 10.2. The predicted octanol–water partition coefficient (Wildman–Crippen LogP) is 2.05. The van der Waals surface area contributed by atoms with Gasteiger partial charge in [-0.25, -0.2) is 0 Å². The van der Waals surface area contributed by atoms with Crippen molar-refractivity contribution in [1.82, 2.24) is 0 Å². The van der Waals surface area contributed by atoms with Crippen LogP contribution in [-0.4, -0.2) is 22.2 Å². The van der Waals surface area contributed by atoms with Crippen LogP contribution in [0.5, 0.6) is 0 Å². The van der Waals surface area contributed by atoms with E-state index in [4.69, 9.17) is 0 Å². The Labute approximate surface area is 78.9 Å². The van der Waals surface area contributed by atoms with Crippen LogP contribution in [-0.2, 0) is 0 Å². The van der Waals surface area contributed by atoms with Gasteiger partial charge in [0, 0.05) is 12.2 Å². The molecule has 0 aliphatic carbocycles. The highest BCUT2D eigenvalue weighted by molar-refractivity contribution is 8.07. The molecular weight excluding hydrogens is 168 g/mol. The zero-order valence-electron chi connectivity index (χ0n) is 7.55. The highest BCUT2D eigenvalue weighted by atomic mass is 32.2. The zero-order chi connectivity index (χ0) is 8.81. The molecule has 0 aromatic rings. The van der Waals surface area contributed by atoms with Gasteiger partial charge >= 0.3 is 0 Å². The third-order valence-electron chi connectivity index (χ3n) is 1.87. The van der Waals surface area contributed by atoms with Gasteiger partial charge in [0.2, 0.25) is 0 Å². The van der Waals surface area contributed by atoms with E-state index >= 15 is 0 Å². The van der Waals surface area contributed by atoms with E-state index in [0.29, 0.717) is 5.25 Å². The summed E-state index contributed by atoms with van der Waals surface area (Å²) in [6.45, 7) is 2.18. The Kier molecular flexibility index (Phi) is 4.57. The van der Waals surface area contributed by atoms with E-state index < -0.39 is 0 Å². The van der Waals surface area contributed by atoms with Gasteiger partial charge in [0.1, 0.15) is 6.10 Å². The average Bonchev–Trinajstić information content (AvgIpc) is 2.86. The maximum absolute atomic E-state index is 9.35. The molecule has 1 nitrogen and oxygen atoms in total. The maximum atomic E-state index is 9.35. The molecule has 2 atom stereocenters. The number of thioether (sulfide) groups is 1. The molecule has 0 amide bonds. The van der Waals surface area contributed by atoms with Crippen LogP contribution in [0, 0.1) is 11.8 Å².